The Hall–Kier alpha value is -3.06. The molecule has 2 aliphatic rings. The molecular formula is C25H29N5O2. The third-order valence-electron chi connectivity index (χ3n) is 6.98. The van der Waals surface area contributed by atoms with Crippen molar-refractivity contribution in [2.24, 2.45) is 5.41 Å². The van der Waals surface area contributed by atoms with E-state index in [1.165, 1.54) is 5.56 Å². The summed E-state index contributed by atoms with van der Waals surface area (Å²) in [7, 11) is 0. The molecule has 166 valence electrons. The summed E-state index contributed by atoms with van der Waals surface area (Å²) in [5.41, 5.74) is 2.18. The molecule has 0 bridgehead atoms. The molecule has 5 rings (SSSR count). The summed E-state index contributed by atoms with van der Waals surface area (Å²) in [6.07, 6.45) is 7.32. The second-order valence-corrected chi connectivity index (χ2v) is 9.12. The van der Waals surface area contributed by atoms with Crippen molar-refractivity contribution in [1.29, 1.82) is 0 Å². The predicted octanol–water partition coefficient (Wildman–Crippen LogP) is 3.69. The van der Waals surface area contributed by atoms with Crippen molar-refractivity contribution in [3.8, 4) is 0 Å². The molecule has 7 nitrogen and oxygen atoms in total. The van der Waals surface area contributed by atoms with Gasteiger partial charge in [0.1, 0.15) is 0 Å². The van der Waals surface area contributed by atoms with Crippen molar-refractivity contribution in [2.45, 2.75) is 38.6 Å². The van der Waals surface area contributed by atoms with Gasteiger partial charge in [0.05, 0.1) is 11.6 Å². The van der Waals surface area contributed by atoms with E-state index in [9.17, 15) is 4.79 Å². The molecular weight excluding hydrogens is 402 g/mol. The number of hydrogen-bond donors (Lipinski definition) is 0. The number of rotatable bonds is 5. The third kappa shape index (κ3) is 4.30. The fraction of sp³-hybridized carbons (Fsp3) is 0.440. The maximum Gasteiger partial charge on any atom is 0.255 e. The van der Waals surface area contributed by atoms with Crippen molar-refractivity contribution in [3.63, 3.8) is 0 Å². The molecule has 0 aliphatic carbocycles. The van der Waals surface area contributed by atoms with Crippen LogP contribution in [0.1, 0.15) is 53.0 Å². The number of pyridine rings is 1. The maximum atomic E-state index is 12.9. The monoisotopic (exact) mass is 431 g/mol. The van der Waals surface area contributed by atoms with Gasteiger partial charge in [-0.2, -0.15) is 0 Å². The molecule has 7 heteroatoms. The number of aromatic nitrogens is 3. The van der Waals surface area contributed by atoms with E-state index in [0.29, 0.717) is 11.5 Å². The first kappa shape index (κ1) is 20.8. The molecule has 3 aromatic rings. The highest BCUT2D eigenvalue weighted by molar-refractivity contribution is 5.93. The standard InChI is InChI=1S/C25H29N5O2/c1-19-27-28-23(32-19)22-16-25(18-30(22)13-9-20-6-3-2-4-7-20)10-14-29(15-11-25)24(31)21-8-5-12-26-17-21/h2-8,12,17,22H,9-11,13-16,18H2,1H3. The van der Waals surface area contributed by atoms with Crippen molar-refractivity contribution in [1.82, 2.24) is 25.0 Å². The first-order valence-corrected chi connectivity index (χ1v) is 11.4. The number of carbonyl (C=O) groups is 1. The van der Waals surface area contributed by atoms with Gasteiger partial charge in [0.15, 0.2) is 0 Å². The van der Waals surface area contributed by atoms with Crippen molar-refractivity contribution in [3.05, 3.63) is 77.8 Å². The highest BCUT2D eigenvalue weighted by Gasteiger charge is 2.48. The predicted molar refractivity (Wildman–Crippen MR) is 120 cm³/mol. The molecule has 1 spiro atoms. The van der Waals surface area contributed by atoms with Crippen LogP contribution in [0.2, 0.25) is 0 Å². The summed E-state index contributed by atoms with van der Waals surface area (Å²) in [4.78, 5) is 21.4. The number of aryl methyl sites for hydroxylation is 1. The average Bonchev–Trinajstić information content (AvgIpc) is 3.42. The van der Waals surface area contributed by atoms with Gasteiger partial charge in [-0.3, -0.25) is 14.7 Å². The van der Waals surface area contributed by atoms with E-state index >= 15 is 0 Å². The van der Waals surface area contributed by atoms with Crippen LogP contribution >= 0.6 is 0 Å². The number of amides is 1. The second-order valence-electron chi connectivity index (χ2n) is 9.12. The summed E-state index contributed by atoms with van der Waals surface area (Å²) in [5, 5.41) is 8.45. The molecule has 2 aliphatic heterocycles. The molecule has 1 atom stereocenters. The normalized spacial score (nSPS) is 20.7. The van der Waals surface area contributed by atoms with Crippen molar-refractivity contribution >= 4 is 5.91 Å². The van der Waals surface area contributed by atoms with Gasteiger partial charge >= 0.3 is 0 Å². The van der Waals surface area contributed by atoms with E-state index in [2.05, 4.69) is 50.4 Å². The smallest absolute Gasteiger partial charge is 0.255 e. The molecule has 32 heavy (non-hydrogen) atoms. The van der Waals surface area contributed by atoms with Gasteiger partial charge in [-0.05, 0) is 48.8 Å². The fourth-order valence-electron chi connectivity index (χ4n) is 5.21. The minimum absolute atomic E-state index is 0.0796. The molecule has 0 N–H and O–H groups in total. The van der Waals surface area contributed by atoms with Crippen LogP contribution in [-0.4, -0.2) is 57.1 Å². The van der Waals surface area contributed by atoms with Crippen LogP contribution in [0.15, 0.2) is 59.3 Å². The van der Waals surface area contributed by atoms with E-state index in [4.69, 9.17) is 4.42 Å². The first-order chi connectivity index (χ1) is 15.6. The lowest BCUT2D eigenvalue weighted by Crippen LogP contribution is -2.44. The molecule has 1 aromatic carbocycles. The Balaban J connectivity index is 1.29. The lowest BCUT2D eigenvalue weighted by atomic mass is 9.76. The zero-order valence-corrected chi connectivity index (χ0v) is 18.5. The lowest BCUT2D eigenvalue weighted by molar-refractivity contribution is 0.0589. The molecule has 0 radical (unpaired) electrons. The first-order valence-electron chi connectivity index (χ1n) is 11.4. The van der Waals surface area contributed by atoms with Gasteiger partial charge in [-0.25, -0.2) is 0 Å². The topological polar surface area (TPSA) is 75.4 Å². The van der Waals surface area contributed by atoms with E-state index in [1.54, 1.807) is 12.4 Å². The van der Waals surface area contributed by atoms with E-state index in [-0.39, 0.29) is 17.4 Å². The largest absolute Gasteiger partial charge is 0.424 e. The lowest BCUT2D eigenvalue weighted by Gasteiger charge is -2.39. The summed E-state index contributed by atoms with van der Waals surface area (Å²) >= 11 is 0. The van der Waals surface area contributed by atoms with E-state index in [1.807, 2.05) is 24.0 Å². The van der Waals surface area contributed by atoms with Gasteiger partial charge in [0.2, 0.25) is 11.8 Å². The Morgan fingerprint density at radius 3 is 2.62 bits per heavy atom. The second kappa shape index (κ2) is 8.82. The van der Waals surface area contributed by atoms with Gasteiger partial charge in [0.25, 0.3) is 5.91 Å². The van der Waals surface area contributed by atoms with Crippen LogP contribution in [0.5, 0.6) is 0 Å². The van der Waals surface area contributed by atoms with Crippen LogP contribution in [-0.2, 0) is 6.42 Å². The SMILES string of the molecule is Cc1nnc(C2CC3(CCN(C(=O)c4cccnc4)CC3)CN2CCc2ccccc2)o1. The van der Waals surface area contributed by atoms with Crippen molar-refractivity contribution < 1.29 is 9.21 Å². The van der Waals surface area contributed by atoms with Crippen LogP contribution in [0.4, 0.5) is 0 Å². The highest BCUT2D eigenvalue weighted by Crippen LogP contribution is 2.48. The summed E-state index contributed by atoms with van der Waals surface area (Å²) < 4.78 is 5.87. The van der Waals surface area contributed by atoms with Crippen LogP contribution in [0.25, 0.3) is 0 Å². The Kier molecular flexibility index (Phi) is 5.74. The molecule has 0 saturated carbocycles. The quantitative estimate of drug-likeness (QED) is 0.613. The minimum atomic E-state index is 0.0796. The molecule has 2 aromatic heterocycles. The van der Waals surface area contributed by atoms with Crippen LogP contribution in [0.3, 0.4) is 0 Å². The number of carbonyl (C=O) groups excluding carboxylic acids is 1. The average molecular weight is 432 g/mol. The summed E-state index contributed by atoms with van der Waals surface area (Å²) in [5.74, 6) is 1.41. The van der Waals surface area contributed by atoms with Crippen LogP contribution < -0.4 is 0 Å². The zero-order chi connectivity index (χ0) is 22.0. The highest BCUT2D eigenvalue weighted by atomic mass is 16.4. The molecule has 2 saturated heterocycles. The molecule has 4 heterocycles. The number of likely N-dealkylation sites (tertiary alicyclic amines) is 2. The Bertz CT molecular complexity index is 1040. The number of piperidine rings is 1. The fourth-order valence-corrected chi connectivity index (χ4v) is 5.21. The number of hydrogen-bond acceptors (Lipinski definition) is 6. The van der Waals surface area contributed by atoms with E-state index in [0.717, 1.165) is 57.8 Å². The number of benzene rings is 1. The Morgan fingerprint density at radius 2 is 1.94 bits per heavy atom. The third-order valence-corrected chi connectivity index (χ3v) is 6.98. The van der Waals surface area contributed by atoms with Gasteiger partial charge in [-0.15, -0.1) is 10.2 Å². The van der Waals surface area contributed by atoms with Crippen LogP contribution in [0, 0.1) is 12.3 Å². The van der Waals surface area contributed by atoms with Gasteiger partial charge in [0, 0.05) is 45.5 Å². The van der Waals surface area contributed by atoms with Gasteiger partial charge in [-0.1, -0.05) is 30.3 Å². The molecule has 1 unspecified atom stereocenters. The van der Waals surface area contributed by atoms with Crippen molar-refractivity contribution in [2.75, 3.05) is 26.2 Å². The Morgan fingerprint density at radius 1 is 1.12 bits per heavy atom. The molecule has 2 fully saturated rings. The minimum Gasteiger partial charge on any atom is -0.424 e. The zero-order valence-electron chi connectivity index (χ0n) is 18.5. The Labute approximate surface area is 188 Å². The van der Waals surface area contributed by atoms with Gasteiger partial charge < -0.3 is 9.32 Å². The summed E-state index contributed by atoms with van der Waals surface area (Å²) in [6.45, 7) is 5.35. The summed E-state index contributed by atoms with van der Waals surface area (Å²) in [6, 6.07) is 14.4. The number of nitrogens with zero attached hydrogens (tertiary/aromatic N) is 5. The molecule has 1 amide bonds. The van der Waals surface area contributed by atoms with E-state index < -0.39 is 0 Å². The maximum absolute atomic E-state index is 12.9.